The van der Waals surface area contributed by atoms with E-state index in [2.05, 4.69) is 10.3 Å². The Hall–Kier alpha value is -2.01. The Morgan fingerprint density at radius 3 is 3.14 bits per heavy atom. The van der Waals surface area contributed by atoms with Crippen LogP contribution in [-0.4, -0.2) is 31.2 Å². The van der Waals surface area contributed by atoms with Crippen LogP contribution in [0.15, 0.2) is 24.3 Å². The van der Waals surface area contributed by atoms with E-state index >= 15 is 0 Å². The van der Waals surface area contributed by atoms with Gasteiger partial charge in [0.25, 0.3) is 0 Å². The van der Waals surface area contributed by atoms with Gasteiger partial charge in [-0.05, 0) is 36.6 Å². The predicted molar refractivity (Wildman–Crippen MR) is 80.2 cm³/mol. The number of carbonyl (C=O) groups is 1. The topological polar surface area (TPSA) is 63.3 Å². The fourth-order valence-corrected chi connectivity index (χ4v) is 2.67. The number of hydrogen-bond acceptors (Lipinski definition) is 3. The lowest BCUT2D eigenvalue weighted by molar-refractivity contribution is -0.122. The van der Waals surface area contributed by atoms with Crippen LogP contribution < -0.4 is 10.1 Å². The Balaban J connectivity index is 1.58. The van der Waals surface area contributed by atoms with Crippen molar-refractivity contribution in [3.63, 3.8) is 0 Å². The summed E-state index contributed by atoms with van der Waals surface area (Å²) in [5.74, 6) is 1.29. The molecule has 2 N–H and O–H groups in total. The molecule has 2 heterocycles. The van der Waals surface area contributed by atoms with Crippen molar-refractivity contribution in [2.75, 3.05) is 20.3 Å². The fourth-order valence-electron chi connectivity index (χ4n) is 2.67. The van der Waals surface area contributed by atoms with Gasteiger partial charge in [-0.15, -0.1) is 0 Å². The van der Waals surface area contributed by atoms with Gasteiger partial charge in [0.05, 0.1) is 13.7 Å². The monoisotopic (exact) mass is 288 g/mol. The molecule has 1 aromatic carbocycles. The van der Waals surface area contributed by atoms with Crippen molar-refractivity contribution in [2.45, 2.75) is 19.4 Å². The third-order valence-electron chi connectivity index (χ3n) is 3.86. The van der Waals surface area contributed by atoms with Crippen molar-refractivity contribution in [2.24, 2.45) is 5.92 Å². The number of carbonyl (C=O) groups excluding carboxylic acids is 1. The average Bonchev–Trinajstić information content (AvgIpc) is 3.12. The zero-order chi connectivity index (χ0) is 14.7. The second kappa shape index (κ2) is 6.18. The van der Waals surface area contributed by atoms with Crippen LogP contribution in [0.5, 0.6) is 5.75 Å². The van der Waals surface area contributed by atoms with Gasteiger partial charge in [0.2, 0.25) is 5.91 Å². The van der Waals surface area contributed by atoms with Crippen LogP contribution in [0.2, 0.25) is 0 Å². The smallest absolute Gasteiger partial charge is 0.220 e. The first-order valence-corrected chi connectivity index (χ1v) is 7.24. The van der Waals surface area contributed by atoms with Crippen molar-refractivity contribution < 1.29 is 14.3 Å². The van der Waals surface area contributed by atoms with Crippen LogP contribution in [-0.2, 0) is 16.1 Å². The number of hydrogen-bond donors (Lipinski definition) is 2. The molecule has 1 atom stereocenters. The maximum atomic E-state index is 11.9. The highest BCUT2D eigenvalue weighted by Crippen LogP contribution is 2.21. The highest BCUT2D eigenvalue weighted by atomic mass is 16.5. The number of nitrogens with one attached hydrogen (secondary N) is 2. The summed E-state index contributed by atoms with van der Waals surface area (Å²) in [6.07, 6.45) is 1.54. The van der Waals surface area contributed by atoms with E-state index in [0.717, 1.165) is 35.4 Å². The van der Waals surface area contributed by atoms with Gasteiger partial charge in [-0.25, -0.2) is 0 Å². The molecule has 1 fully saturated rings. The zero-order valence-corrected chi connectivity index (χ0v) is 12.1. The van der Waals surface area contributed by atoms with Gasteiger partial charge in [-0.2, -0.15) is 0 Å². The van der Waals surface area contributed by atoms with Gasteiger partial charge in [0.15, 0.2) is 0 Å². The minimum absolute atomic E-state index is 0.0849. The molecular formula is C16H20N2O3. The normalized spacial score (nSPS) is 18.0. The Labute approximate surface area is 123 Å². The molecule has 1 aromatic heterocycles. The molecular weight excluding hydrogens is 268 g/mol. The first-order chi connectivity index (χ1) is 10.2. The molecule has 1 amide bonds. The van der Waals surface area contributed by atoms with E-state index in [0.29, 0.717) is 25.5 Å². The second-order valence-corrected chi connectivity index (χ2v) is 5.46. The van der Waals surface area contributed by atoms with E-state index in [1.807, 2.05) is 24.3 Å². The lowest BCUT2D eigenvalue weighted by Crippen LogP contribution is -2.25. The summed E-state index contributed by atoms with van der Waals surface area (Å²) in [6.45, 7) is 2.00. The summed E-state index contributed by atoms with van der Waals surface area (Å²) in [6, 6.07) is 7.92. The second-order valence-electron chi connectivity index (χ2n) is 5.46. The Morgan fingerprint density at radius 2 is 2.38 bits per heavy atom. The zero-order valence-electron chi connectivity index (χ0n) is 12.1. The average molecular weight is 288 g/mol. The molecule has 1 saturated heterocycles. The van der Waals surface area contributed by atoms with Crippen molar-refractivity contribution in [3.8, 4) is 5.75 Å². The number of fused-ring (bicyclic) bond motifs is 1. The lowest BCUT2D eigenvalue weighted by atomic mass is 10.1. The molecule has 5 heteroatoms. The molecule has 2 aromatic rings. The van der Waals surface area contributed by atoms with Crippen LogP contribution in [0, 0.1) is 5.92 Å². The van der Waals surface area contributed by atoms with Crippen molar-refractivity contribution in [1.29, 1.82) is 0 Å². The van der Waals surface area contributed by atoms with Gasteiger partial charge in [-0.1, -0.05) is 0 Å². The Morgan fingerprint density at radius 1 is 1.48 bits per heavy atom. The third-order valence-corrected chi connectivity index (χ3v) is 3.86. The molecule has 1 unspecified atom stereocenters. The van der Waals surface area contributed by atoms with Gasteiger partial charge in [0.1, 0.15) is 5.75 Å². The van der Waals surface area contributed by atoms with Crippen LogP contribution in [0.3, 0.4) is 0 Å². The van der Waals surface area contributed by atoms with Crippen LogP contribution in [0.1, 0.15) is 18.5 Å². The van der Waals surface area contributed by atoms with Gasteiger partial charge in [-0.3, -0.25) is 4.79 Å². The number of H-pyrrole nitrogens is 1. The summed E-state index contributed by atoms with van der Waals surface area (Å²) in [5, 5.41) is 4.04. The maximum Gasteiger partial charge on any atom is 0.220 e. The SMILES string of the molecule is COc1ccc2[nH]c(CNC(=O)CC3CCOC3)cc2c1. The van der Waals surface area contributed by atoms with E-state index in [4.69, 9.17) is 9.47 Å². The first kappa shape index (κ1) is 13.9. The lowest BCUT2D eigenvalue weighted by Gasteiger charge is -2.07. The summed E-state index contributed by atoms with van der Waals surface area (Å²) < 4.78 is 10.5. The predicted octanol–water partition coefficient (Wildman–Crippen LogP) is 2.22. The number of rotatable bonds is 5. The van der Waals surface area contributed by atoms with Crippen LogP contribution >= 0.6 is 0 Å². The summed E-state index contributed by atoms with van der Waals surface area (Å²) in [7, 11) is 1.65. The van der Waals surface area contributed by atoms with E-state index < -0.39 is 0 Å². The van der Waals surface area contributed by atoms with Crippen molar-refractivity contribution in [3.05, 3.63) is 30.0 Å². The molecule has 3 rings (SSSR count). The number of ether oxygens (including phenoxy) is 2. The minimum Gasteiger partial charge on any atom is -0.497 e. The third kappa shape index (κ3) is 3.36. The minimum atomic E-state index is 0.0849. The molecule has 1 aliphatic heterocycles. The van der Waals surface area contributed by atoms with Crippen molar-refractivity contribution in [1.82, 2.24) is 10.3 Å². The Kier molecular flexibility index (Phi) is 4.10. The molecule has 0 radical (unpaired) electrons. The molecule has 0 bridgehead atoms. The maximum absolute atomic E-state index is 11.9. The van der Waals surface area contributed by atoms with E-state index in [-0.39, 0.29) is 5.91 Å². The first-order valence-electron chi connectivity index (χ1n) is 7.24. The number of methoxy groups -OCH3 is 1. The summed E-state index contributed by atoms with van der Waals surface area (Å²) in [5.41, 5.74) is 2.04. The highest BCUT2D eigenvalue weighted by molar-refractivity contribution is 5.82. The molecule has 112 valence electrons. The summed E-state index contributed by atoms with van der Waals surface area (Å²) >= 11 is 0. The molecule has 0 saturated carbocycles. The largest absolute Gasteiger partial charge is 0.497 e. The molecule has 0 spiro atoms. The number of benzene rings is 1. The van der Waals surface area contributed by atoms with E-state index in [9.17, 15) is 4.79 Å². The van der Waals surface area contributed by atoms with Gasteiger partial charge in [0, 0.05) is 36.2 Å². The standard InChI is InChI=1S/C16H20N2O3/c1-20-14-2-3-15-12(8-14)7-13(18-15)9-17-16(19)6-11-4-5-21-10-11/h2-3,7-8,11,18H,4-6,9-10H2,1H3,(H,17,19). The van der Waals surface area contributed by atoms with Gasteiger partial charge < -0.3 is 19.8 Å². The van der Waals surface area contributed by atoms with Crippen LogP contribution in [0.4, 0.5) is 0 Å². The molecule has 5 nitrogen and oxygen atoms in total. The molecule has 1 aliphatic rings. The van der Waals surface area contributed by atoms with E-state index in [1.54, 1.807) is 7.11 Å². The fraction of sp³-hybridized carbons (Fsp3) is 0.438. The quantitative estimate of drug-likeness (QED) is 0.886. The number of aromatic amines is 1. The van der Waals surface area contributed by atoms with E-state index in [1.165, 1.54) is 0 Å². The summed E-state index contributed by atoms with van der Waals surface area (Å²) in [4.78, 5) is 15.2. The molecule has 0 aliphatic carbocycles. The van der Waals surface area contributed by atoms with Crippen molar-refractivity contribution >= 4 is 16.8 Å². The molecule has 21 heavy (non-hydrogen) atoms. The Bertz CT molecular complexity index is 629. The van der Waals surface area contributed by atoms with Gasteiger partial charge >= 0.3 is 0 Å². The highest BCUT2D eigenvalue weighted by Gasteiger charge is 2.18. The number of amides is 1. The number of aromatic nitrogens is 1. The van der Waals surface area contributed by atoms with Crippen LogP contribution in [0.25, 0.3) is 10.9 Å².